The van der Waals surface area contributed by atoms with Gasteiger partial charge in [0.1, 0.15) is 0 Å². The Morgan fingerprint density at radius 2 is 2.00 bits per heavy atom. The summed E-state index contributed by atoms with van der Waals surface area (Å²) in [5.74, 6) is 0. The van der Waals surface area contributed by atoms with Crippen molar-refractivity contribution in [2.24, 2.45) is 0 Å². The molecule has 9 heavy (non-hydrogen) atoms. The Morgan fingerprint density at radius 3 is 2.33 bits per heavy atom. The van der Waals surface area contributed by atoms with Crippen LogP contribution in [0.5, 0.6) is 0 Å². The molecule has 0 unspecified atom stereocenters. The van der Waals surface area contributed by atoms with Gasteiger partial charge < -0.3 is 0 Å². The van der Waals surface area contributed by atoms with Crippen molar-refractivity contribution in [3.05, 3.63) is 36.5 Å². The minimum absolute atomic E-state index is 0. The van der Waals surface area contributed by atoms with Gasteiger partial charge in [0.05, 0.1) is 0 Å². The van der Waals surface area contributed by atoms with Crippen LogP contribution < -0.4 is 18.9 Å². The molecule has 0 fully saturated rings. The maximum Gasteiger partial charge on any atom is 1.00 e. The van der Waals surface area contributed by atoms with Crippen LogP contribution in [0.3, 0.4) is 0 Å². The summed E-state index contributed by atoms with van der Waals surface area (Å²) in [4.78, 5) is 0. The van der Waals surface area contributed by atoms with Gasteiger partial charge >= 0.3 is 18.9 Å². The molecular formula is C8H11Li. The van der Waals surface area contributed by atoms with Gasteiger partial charge in [-0.25, -0.2) is 12.2 Å². The Balaban J connectivity index is 0. The largest absolute Gasteiger partial charge is 1.00 e. The van der Waals surface area contributed by atoms with Gasteiger partial charge in [-0.3, -0.25) is 6.58 Å². The second-order valence-electron chi connectivity index (χ2n) is 1.58. The number of rotatable bonds is 2. The Hall–Kier alpha value is -0.183. The first-order chi connectivity index (χ1) is 3.81. The van der Waals surface area contributed by atoms with E-state index in [1.54, 1.807) is 0 Å². The summed E-state index contributed by atoms with van der Waals surface area (Å²) in [5, 5.41) is 0. The Labute approximate surface area is 69.5 Å². The molecule has 1 heteroatoms. The Bertz CT molecular complexity index is 121. The predicted molar refractivity (Wildman–Crippen MR) is 37.4 cm³/mol. The topological polar surface area (TPSA) is 0 Å². The summed E-state index contributed by atoms with van der Waals surface area (Å²) in [6.07, 6.45) is 7.32. The van der Waals surface area contributed by atoms with Gasteiger partial charge in [0.2, 0.25) is 0 Å². The van der Waals surface area contributed by atoms with Gasteiger partial charge in [0.15, 0.2) is 0 Å². The second kappa shape index (κ2) is 7.82. The van der Waals surface area contributed by atoms with E-state index >= 15 is 0 Å². The van der Waals surface area contributed by atoms with Gasteiger partial charge in [-0.2, -0.15) is 0 Å². The molecule has 0 aromatic heterocycles. The molecule has 0 bridgehead atoms. The molecule has 0 aliphatic heterocycles. The molecule has 0 radical (unpaired) electrons. The molecule has 0 amide bonds. The van der Waals surface area contributed by atoms with Crippen LogP contribution in [-0.2, 0) is 0 Å². The molecule has 0 aromatic rings. The van der Waals surface area contributed by atoms with E-state index in [0.29, 0.717) is 0 Å². The van der Waals surface area contributed by atoms with Crippen molar-refractivity contribution >= 4 is 0 Å². The van der Waals surface area contributed by atoms with Gasteiger partial charge in [-0.15, -0.1) is 6.08 Å². The maximum atomic E-state index is 5.09. The van der Waals surface area contributed by atoms with Crippen LogP contribution in [-0.4, -0.2) is 0 Å². The number of hydrogen-bond acceptors (Lipinski definition) is 0. The third kappa shape index (κ3) is 7.82. The third-order valence-electron chi connectivity index (χ3n) is 0.926. The van der Waals surface area contributed by atoms with Crippen LogP contribution in [0.1, 0.15) is 13.8 Å². The monoisotopic (exact) mass is 114 g/mol. The molecule has 0 N–H and O–H groups in total. The van der Waals surface area contributed by atoms with Crippen LogP contribution in [0.15, 0.2) is 29.9 Å². The van der Waals surface area contributed by atoms with E-state index in [-0.39, 0.29) is 18.9 Å². The zero-order valence-corrected chi connectivity index (χ0v) is 6.39. The summed E-state index contributed by atoms with van der Waals surface area (Å²) in [6.45, 7) is 9.12. The fraction of sp³-hybridized carbons (Fsp3) is 0.250. The molecule has 0 atom stereocenters. The quantitative estimate of drug-likeness (QED) is 0.258. The van der Waals surface area contributed by atoms with Crippen LogP contribution in [0.2, 0.25) is 0 Å². The fourth-order valence-corrected chi connectivity index (χ4v) is 0.304. The summed E-state index contributed by atoms with van der Waals surface area (Å²) in [5.41, 5.74) is 1.23. The molecule has 0 aliphatic carbocycles. The first-order valence-electron chi connectivity index (χ1n) is 2.65. The van der Waals surface area contributed by atoms with E-state index in [4.69, 9.17) is 6.58 Å². The standard InChI is InChI=1S/C8H11.Li/c1-4-6-7-8(3)5-2;/h1,4-7H,2-3H3;/q-1;+1/b7-6+,8-5+;. The molecule has 0 heterocycles. The molecule has 0 saturated heterocycles. The SMILES string of the molecule is [CH-]=C/C=C/C(C)=C/C.[Li+]. The van der Waals surface area contributed by atoms with Crippen molar-refractivity contribution in [1.29, 1.82) is 0 Å². The Kier molecular flexibility index (Phi) is 10.1. The van der Waals surface area contributed by atoms with Gasteiger partial charge in [0, 0.05) is 0 Å². The van der Waals surface area contributed by atoms with Crippen LogP contribution >= 0.6 is 0 Å². The van der Waals surface area contributed by atoms with Crippen molar-refractivity contribution < 1.29 is 18.9 Å². The summed E-state index contributed by atoms with van der Waals surface area (Å²) in [6, 6.07) is 0. The predicted octanol–water partition coefficient (Wildman–Crippen LogP) is -0.498. The average molecular weight is 114 g/mol. The molecule has 0 saturated carbocycles. The van der Waals surface area contributed by atoms with Gasteiger partial charge in [-0.1, -0.05) is 11.6 Å². The minimum Gasteiger partial charge on any atom is -0.293 e. The molecule has 0 spiro atoms. The van der Waals surface area contributed by atoms with Crippen molar-refractivity contribution in [2.45, 2.75) is 13.8 Å². The molecule has 0 rings (SSSR count). The van der Waals surface area contributed by atoms with E-state index in [9.17, 15) is 0 Å². The summed E-state index contributed by atoms with van der Waals surface area (Å²) >= 11 is 0. The number of allylic oxidation sites excluding steroid dienone is 5. The van der Waals surface area contributed by atoms with Crippen LogP contribution in [0.4, 0.5) is 0 Å². The van der Waals surface area contributed by atoms with E-state index in [1.807, 2.05) is 32.1 Å². The van der Waals surface area contributed by atoms with Crippen LogP contribution in [0.25, 0.3) is 0 Å². The zero-order valence-electron chi connectivity index (χ0n) is 6.39. The normalized spacial score (nSPS) is 11.1. The summed E-state index contributed by atoms with van der Waals surface area (Å²) < 4.78 is 0. The van der Waals surface area contributed by atoms with Crippen molar-refractivity contribution in [3.8, 4) is 0 Å². The average Bonchev–Trinajstić information content (AvgIpc) is 1.83. The van der Waals surface area contributed by atoms with Crippen molar-refractivity contribution in [2.75, 3.05) is 0 Å². The molecule has 44 valence electrons. The Morgan fingerprint density at radius 1 is 1.44 bits per heavy atom. The molecular weight excluding hydrogens is 103 g/mol. The smallest absolute Gasteiger partial charge is 0.293 e. The van der Waals surface area contributed by atoms with Gasteiger partial charge in [0.25, 0.3) is 0 Å². The first kappa shape index (κ1) is 11.6. The van der Waals surface area contributed by atoms with Crippen molar-refractivity contribution in [3.63, 3.8) is 0 Å². The third-order valence-corrected chi connectivity index (χ3v) is 0.926. The zero-order chi connectivity index (χ0) is 6.41. The van der Waals surface area contributed by atoms with E-state index in [0.717, 1.165) is 0 Å². The molecule has 0 nitrogen and oxygen atoms in total. The van der Waals surface area contributed by atoms with Gasteiger partial charge in [-0.05, 0) is 13.8 Å². The molecule has 0 aromatic carbocycles. The first-order valence-corrected chi connectivity index (χ1v) is 2.65. The maximum absolute atomic E-state index is 5.09. The van der Waals surface area contributed by atoms with Crippen LogP contribution in [0, 0.1) is 6.58 Å². The van der Waals surface area contributed by atoms with E-state index in [1.165, 1.54) is 11.6 Å². The van der Waals surface area contributed by atoms with E-state index < -0.39 is 0 Å². The number of hydrogen-bond donors (Lipinski definition) is 0. The van der Waals surface area contributed by atoms with Crippen molar-refractivity contribution in [1.82, 2.24) is 0 Å². The fourth-order valence-electron chi connectivity index (χ4n) is 0.304. The minimum atomic E-state index is 0. The second-order valence-corrected chi connectivity index (χ2v) is 1.58. The van der Waals surface area contributed by atoms with E-state index in [2.05, 4.69) is 0 Å². The summed E-state index contributed by atoms with van der Waals surface area (Å²) in [7, 11) is 0. The molecule has 0 aliphatic rings.